The standard InChI is InChI=1S/C15H16BrNO3/c1-18-12-6-13(19-2)8-14(7-12)20-15-5-11(16)4-3-10(15)9-17/h3-8H,9,17H2,1-2H3. The second-order valence-corrected chi connectivity index (χ2v) is 5.02. The fraction of sp³-hybridized carbons (Fsp3) is 0.200. The van der Waals surface area contributed by atoms with E-state index in [-0.39, 0.29) is 0 Å². The van der Waals surface area contributed by atoms with E-state index in [1.54, 1.807) is 32.4 Å². The topological polar surface area (TPSA) is 53.7 Å². The summed E-state index contributed by atoms with van der Waals surface area (Å²) in [4.78, 5) is 0. The van der Waals surface area contributed by atoms with Gasteiger partial charge in [-0.15, -0.1) is 0 Å². The van der Waals surface area contributed by atoms with Gasteiger partial charge in [-0.1, -0.05) is 22.0 Å². The van der Waals surface area contributed by atoms with Gasteiger partial charge in [-0.05, 0) is 12.1 Å². The largest absolute Gasteiger partial charge is 0.496 e. The van der Waals surface area contributed by atoms with Crippen molar-refractivity contribution in [3.8, 4) is 23.0 Å². The molecule has 0 atom stereocenters. The molecule has 0 radical (unpaired) electrons. The van der Waals surface area contributed by atoms with Crippen molar-refractivity contribution < 1.29 is 14.2 Å². The van der Waals surface area contributed by atoms with Crippen LogP contribution in [0.25, 0.3) is 0 Å². The van der Waals surface area contributed by atoms with E-state index in [9.17, 15) is 0 Å². The molecule has 0 aliphatic carbocycles. The lowest BCUT2D eigenvalue weighted by molar-refractivity contribution is 0.386. The van der Waals surface area contributed by atoms with Crippen LogP contribution in [0.2, 0.25) is 0 Å². The van der Waals surface area contributed by atoms with Gasteiger partial charge in [0.1, 0.15) is 23.0 Å². The maximum Gasteiger partial charge on any atom is 0.134 e. The van der Waals surface area contributed by atoms with Gasteiger partial charge in [0.15, 0.2) is 0 Å². The molecule has 2 rings (SSSR count). The van der Waals surface area contributed by atoms with E-state index < -0.39 is 0 Å². The third-order valence-electron chi connectivity index (χ3n) is 2.80. The Kier molecular flexibility index (Phi) is 4.87. The van der Waals surface area contributed by atoms with Crippen molar-refractivity contribution in [2.45, 2.75) is 6.54 Å². The zero-order valence-corrected chi connectivity index (χ0v) is 12.9. The highest BCUT2D eigenvalue weighted by atomic mass is 79.9. The first-order valence-corrected chi connectivity index (χ1v) is 6.85. The van der Waals surface area contributed by atoms with Crippen molar-refractivity contribution in [1.82, 2.24) is 0 Å². The van der Waals surface area contributed by atoms with Crippen LogP contribution in [-0.4, -0.2) is 14.2 Å². The summed E-state index contributed by atoms with van der Waals surface area (Å²) in [7, 11) is 3.20. The summed E-state index contributed by atoms with van der Waals surface area (Å²) < 4.78 is 17.3. The van der Waals surface area contributed by atoms with Gasteiger partial charge in [-0.25, -0.2) is 0 Å². The lowest BCUT2D eigenvalue weighted by atomic mass is 10.2. The van der Waals surface area contributed by atoms with Gasteiger partial charge in [-0.3, -0.25) is 0 Å². The van der Waals surface area contributed by atoms with Gasteiger partial charge in [0, 0.05) is 34.8 Å². The minimum atomic E-state index is 0.406. The van der Waals surface area contributed by atoms with Gasteiger partial charge >= 0.3 is 0 Å². The monoisotopic (exact) mass is 337 g/mol. The van der Waals surface area contributed by atoms with Gasteiger partial charge < -0.3 is 19.9 Å². The van der Waals surface area contributed by atoms with Crippen molar-refractivity contribution in [3.63, 3.8) is 0 Å². The maximum atomic E-state index is 5.90. The summed E-state index contributed by atoms with van der Waals surface area (Å²) in [5.74, 6) is 2.68. The van der Waals surface area contributed by atoms with Crippen molar-refractivity contribution in [2.24, 2.45) is 5.73 Å². The van der Waals surface area contributed by atoms with Crippen LogP contribution < -0.4 is 19.9 Å². The first-order chi connectivity index (χ1) is 9.66. The Morgan fingerprint density at radius 2 is 1.55 bits per heavy atom. The van der Waals surface area contributed by atoms with Gasteiger partial charge in [0.25, 0.3) is 0 Å². The average Bonchev–Trinajstić information content (AvgIpc) is 2.47. The molecule has 0 spiro atoms. The van der Waals surface area contributed by atoms with Crippen molar-refractivity contribution in [1.29, 1.82) is 0 Å². The zero-order chi connectivity index (χ0) is 14.5. The zero-order valence-electron chi connectivity index (χ0n) is 11.4. The van der Waals surface area contributed by atoms with Gasteiger partial charge in [0.05, 0.1) is 14.2 Å². The highest BCUT2D eigenvalue weighted by Gasteiger charge is 2.08. The van der Waals surface area contributed by atoms with E-state index in [1.165, 1.54) is 0 Å². The third-order valence-corrected chi connectivity index (χ3v) is 3.30. The van der Waals surface area contributed by atoms with E-state index in [2.05, 4.69) is 15.9 Å². The second-order valence-electron chi connectivity index (χ2n) is 4.11. The fourth-order valence-corrected chi connectivity index (χ4v) is 2.10. The Balaban J connectivity index is 2.36. The van der Waals surface area contributed by atoms with Gasteiger partial charge in [0.2, 0.25) is 0 Å². The molecule has 0 aliphatic rings. The van der Waals surface area contributed by atoms with Crippen LogP contribution >= 0.6 is 15.9 Å². The summed E-state index contributed by atoms with van der Waals surface area (Å²) in [5, 5.41) is 0. The number of halogens is 1. The lowest BCUT2D eigenvalue weighted by Crippen LogP contribution is -1.99. The number of nitrogens with two attached hydrogens (primary N) is 1. The van der Waals surface area contributed by atoms with Crippen molar-refractivity contribution in [2.75, 3.05) is 14.2 Å². The number of hydrogen-bond donors (Lipinski definition) is 1. The molecule has 5 heteroatoms. The molecular weight excluding hydrogens is 322 g/mol. The smallest absolute Gasteiger partial charge is 0.134 e. The average molecular weight is 338 g/mol. The van der Waals surface area contributed by atoms with Crippen LogP contribution in [0.15, 0.2) is 40.9 Å². The molecule has 0 bridgehead atoms. The molecule has 4 nitrogen and oxygen atoms in total. The van der Waals surface area contributed by atoms with Crippen LogP contribution in [0.5, 0.6) is 23.0 Å². The molecule has 0 heterocycles. The molecule has 0 fully saturated rings. The minimum Gasteiger partial charge on any atom is -0.496 e. The minimum absolute atomic E-state index is 0.406. The number of benzene rings is 2. The Hall–Kier alpha value is -1.72. The molecule has 0 saturated carbocycles. The van der Waals surface area contributed by atoms with Crippen molar-refractivity contribution in [3.05, 3.63) is 46.4 Å². The summed E-state index contributed by atoms with van der Waals surface area (Å²) in [6, 6.07) is 11.1. The number of hydrogen-bond acceptors (Lipinski definition) is 4. The predicted molar refractivity (Wildman–Crippen MR) is 81.7 cm³/mol. The summed E-state index contributed by atoms with van der Waals surface area (Å²) in [5.41, 5.74) is 6.65. The normalized spacial score (nSPS) is 10.2. The fourth-order valence-electron chi connectivity index (χ4n) is 1.76. The third kappa shape index (κ3) is 3.43. The van der Waals surface area contributed by atoms with E-state index in [4.69, 9.17) is 19.9 Å². The van der Waals surface area contributed by atoms with E-state index in [0.29, 0.717) is 29.5 Å². The molecule has 0 aliphatic heterocycles. The summed E-state index contributed by atoms with van der Waals surface area (Å²) in [6.45, 7) is 0.406. The Labute approximate surface area is 126 Å². The maximum absolute atomic E-state index is 5.90. The molecule has 0 unspecified atom stereocenters. The van der Waals surface area contributed by atoms with Crippen LogP contribution in [0.1, 0.15) is 5.56 Å². The molecule has 20 heavy (non-hydrogen) atoms. The molecule has 0 aromatic heterocycles. The number of rotatable bonds is 5. The first-order valence-electron chi connectivity index (χ1n) is 6.05. The summed E-state index contributed by atoms with van der Waals surface area (Å²) in [6.07, 6.45) is 0. The predicted octanol–water partition coefficient (Wildman–Crippen LogP) is 3.72. The highest BCUT2D eigenvalue weighted by Crippen LogP contribution is 2.33. The van der Waals surface area contributed by atoms with Crippen molar-refractivity contribution >= 4 is 15.9 Å². The van der Waals surface area contributed by atoms with E-state index in [0.717, 1.165) is 10.0 Å². The summed E-state index contributed by atoms with van der Waals surface area (Å²) >= 11 is 3.42. The first kappa shape index (κ1) is 14.7. The van der Waals surface area contributed by atoms with Crippen LogP contribution in [0.3, 0.4) is 0 Å². The number of methoxy groups -OCH3 is 2. The molecule has 106 valence electrons. The number of ether oxygens (including phenoxy) is 3. The molecule has 2 aromatic carbocycles. The second kappa shape index (κ2) is 6.63. The molecule has 2 aromatic rings. The Morgan fingerprint density at radius 1 is 0.950 bits per heavy atom. The molecule has 0 amide bonds. The molecule has 0 saturated heterocycles. The SMILES string of the molecule is COc1cc(OC)cc(Oc2cc(Br)ccc2CN)c1. The van der Waals surface area contributed by atoms with Crippen LogP contribution in [0.4, 0.5) is 0 Å². The highest BCUT2D eigenvalue weighted by molar-refractivity contribution is 9.10. The molecular formula is C15H16BrNO3. The van der Waals surface area contributed by atoms with E-state index >= 15 is 0 Å². The van der Waals surface area contributed by atoms with E-state index in [1.807, 2.05) is 18.2 Å². The van der Waals surface area contributed by atoms with Crippen LogP contribution in [0, 0.1) is 0 Å². The quantitative estimate of drug-likeness (QED) is 0.903. The lowest BCUT2D eigenvalue weighted by Gasteiger charge is -2.12. The Bertz CT molecular complexity index is 579. The van der Waals surface area contributed by atoms with Gasteiger partial charge in [-0.2, -0.15) is 0 Å². The molecule has 2 N–H and O–H groups in total. The Morgan fingerprint density at radius 3 is 2.10 bits per heavy atom. The van der Waals surface area contributed by atoms with Crippen LogP contribution in [-0.2, 0) is 6.54 Å².